The zero-order valence-corrected chi connectivity index (χ0v) is 9.66. The number of rotatable bonds is 4. The van der Waals surface area contributed by atoms with Crippen molar-refractivity contribution in [3.8, 4) is 5.75 Å². The first kappa shape index (κ1) is 10.6. The van der Waals surface area contributed by atoms with Gasteiger partial charge in [-0.05, 0) is 36.6 Å². The summed E-state index contributed by atoms with van der Waals surface area (Å²) in [5, 5.41) is 6.09. The van der Waals surface area contributed by atoms with Gasteiger partial charge in [0.2, 0.25) is 5.91 Å². The molecule has 2 N–H and O–H groups in total. The third-order valence-electron chi connectivity index (χ3n) is 3.10. The van der Waals surface area contributed by atoms with Crippen LogP contribution in [0, 0.1) is 0 Å². The fourth-order valence-electron chi connectivity index (χ4n) is 1.99. The lowest BCUT2D eigenvalue weighted by Crippen LogP contribution is -2.29. The predicted molar refractivity (Wildman–Crippen MR) is 65.3 cm³/mol. The first-order valence-electron chi connectivity index (χ1n) is 6.10. The maximum absolute atomic E-state index is 11.6. The van der Waals surface area contributed by atoms with Gasteiger partial charge >= 0.3 is 0 Å². The minimum absolute atomic E-state index is 0.0239. The molecule has 1 aromatic rings. The Hall–Kier alpha value is -1.55. The van der Waals surface area contributed by atoms with E-state index in [9.17, 15) is 4.79 Å². The third kappa shape index (κ3) is 2.58. The van der Waals surface area contributed by atoms with E-state index in [1.165, 1.54) is 18.4 Å². The van der Waals surface area contributed by atoms with Gasteiger partial charge in [0, 0.05) is 18.2 Å². The molecule has 0 spiro atoms. The Labute approximate surface area is 100 Å². The summed E-state index contributed by atoms with van der Waals surface area (Å²) in [5.41, 5.74) is 2.04. The van der Waals surface area contributed by atoms with Gasteiger partial charge in [0.25, 0.3) is 0 Å². The molecule has 2 aliphatic rings. The molecular weight excluding hydrogens is 216 g/mol. The van der Waals surface area contributed by atoms with Crippen LogP contribution in [0.25, 0.3) is 0 Å². The van der Waals surface area contributed by atoms with Crippen LogP contribution in [0.15, 0.2) is 18.2 Å². The van der Waals surface area contributed by atoms with E-state index in [2.05, 4.69) is 10.6 Å². The molecule has 0 saturated heterocycles. The van der Waals surface area contributed by atoms with E-state index in [0.717, 1.165) is 24.5 Å². The van der Waals surface area contributed by atoms with Crippen molar-refractivity contribution in [2.45, 2.75) is 25.3 Å². The molecule has 1 aliphatic carbocycles. The van der Waals surface area contributed by atoms with E-state index >= 15 is 0 Å². The molecule has 1 fully saturated rings. The normalized spacial score (nSPS) is 17.4. The fourth-order valence-corrected chi connectivity index (χ4v) is 1.99. The van der Waals surface area contributed by atoms with E-state index in [1.807, 2.05) is 18.2 Å². The number of carbonyl (C=O) groups excluding carboxylic acids is 1. The summed E-state index contributed by atoms with van der Waals surface area (Å²) in [6.07, 6.45) is 3.33. The monoisotopic (exact) mass is 232 g/mol. The van der Waals surface area contributed by atoms with Crippen LogP contribution in [0.2, 0.25) is 0 Å². The molecule has 3 rings (SSSR count). The number of ether oxygens (including phenoxy) is 1. The highest BCUT2D eigenvalue weighted by Crippen LogP contribution is 2.27. The summed E-state index contributed by atoms with van der Waals surface area (Å²) >= 11 is 0. The second-order valence-electron chi connectivity index (χ2n) is 4.62. The Bertz CT molecular complexity index is 441. The summed E-state index contributed by atoms with van der Waals surface area (Å²) < 4.78 is 5.42. The van der Waals surface area contributed by atoms with Gasteiger partial charge in [0.1, 0.15) is 5.75 Å². The van der Waals surface area contributed by atoms with Crippen LogP contribution in [-0.2, 0) is 11.2 Å². The molecule has 4 nitrogen and oxygen atoms in total. The minimum atomic E-state index is 0.0239. The van der Waals surface area contributed by atoms with Crippen LogP contribution >= 0.6 is 0 Å². The molecule has 0 bridgehead atoms. The van der Waals surface area contributed by atoms with E-state index in [-0.39, 0.29) is 5.91 Å². The number of hydrogen-bond acceptors (Lipinski definition) is 3. The smallest absolute Gasteiger partial charge is 0.238 e. The van der Waals surface area contributed by atoms with Crippen LogP contribution in [-0.4, -0.2) is 25.1 Å². The van der Waals surface area contributed by atoms with Crippen LogP contribution in [0.4, 0.5) is 5.69 Å². The zero-order valence-electron chi connectivity index (χ0n) is 9.66. The molecule has 4 heteroatoms. The molecule has 0 radical (unpaired) electrons. The number of carbonyl (C=O) groups is 1. The first-order valence-corrected chi connectivity index (χ1v) is 6.10. The quantitative estimate of drug-likeness (QED) is 0.823. The van der Waals surface area contributed by atoms with Crippen molar-refractivity contribution in [3.05, 3.63) is 23.8 Å². The molecule has 1 amide bonds. The number of nitrogens with one attached hydrogen (secondary N) is 2. The van der Waals surface area contributed by atoms with Gasteiger partial charge in [-0.3, -0.25) is 4.79 Å². The van der Waals surface area contributed by atoms with Gasteiger partial charge in [0.05, 0.1) is 13.2 Å². The highest BCUT2D eigenvalue weighted by atomic mass is 16.5. The lowest BCUT2D eigenvalue weighted by molar-refractivity contribution is -0.115. The zero-order chi connectivity index (χ0) is 11.7. The number of amides is 1. The Morgan fingerprint density at radius 3 is 3.12 bits per heavy atom. The van der Waals surface area contributed by atoms with E-state index < -0.39 is 0 Å². The highest BCUT2D eigenvalue weighted by Gasteiger charge is 2.21. The van der Waals surface area contributed by atoms with Gasteiger partial charge in [-0.2, -0.15) is 0 Å². The fraction of sp³-hybridized carbons (Fsp3) is 0.462. The van der Waals surface area contributed by atoms with Crippen LogP contribution in [0.1, 0.15) is 18.4 Å². The first-order chi connectivity index (χ1) is 8.31. The highest BCUT2D eigenvalue weighted by molar-refractivity contribution is 5.92. The summed E-state index contributed by atoms with van der Waals surface area (Å²) in [7, 11) is 0. The number of anilines is 1. The number of hydrogen-bond donors (Lipinski definition) is 2. The molecule has 0 unspecified atom stereocenters. The molecule has 1 saturated carbocycles. The molecule has 90 valence electrons. The summed E-state index contributed by atoms with van der Waals surface area (Å²) in [4.78, 5) is 11.6. The minimum Gasteiger partial charge on any atom is -0.493 e. The summed E-state index contributed by atoms with van der Waals surface area (Å²) in [6, 6.07) is 6.37. The van der Waals surface area contributed by atoms with Gasteiger partial charge < -0.3 is 15.4 Å². The van der Waals surface area contributed by atoms with Crippen molar-refractivity contribution in [2.24, 2.45) is 0 Å². The molecule has 1 aromatic carbocycles. The lowest BCUT2D eigenvalue weighted by atomic mass is 10.1. The van der Waals surface area contributed by atoms with Gasteiger partial charge in [0.15, 0.2) is 0 Å². The van der Waals surface area contributed by atoms with Crippen molar-refractivity contribution < 1.29 is 9.53 Å². The Morgan fingerprint density at radius 2 is 2.29 bits per heavy atom. The van der Waals surface area contributed by atoms with Crippen molar-refractivity contribution in [1.29, 1.82) is 0 Å². The van der Waals surface area contributed by atoms with Crippen molar-refractivity contribution in [2.75, 3.05) is 18.5 Å². The second kappa shape index (κ2) is 4.37. The SMILES string of the molecule is O=C(CNC1CC1)Nc1ccc2c(c1)CCO2. The van der Waals surface area contributed by atoms with Gasteiger partial charge in [-0.1, -0.05) is 0 Å². The van der Waals surface area contributed by atoms with Crippen molar-refractivity contribution >= 4 is 11.6 Å². The van der Waals surface area contributed by atoms with Crippen molar-refractivity contribution in [3.63, 3.8) is 0 Å². The molecular formula is C13H16N2O2. The third-order valence-corrected chi connectivity index (χ3v) is 3.10. The van der Waals surface area contributed by atoms with E-state index in [1.54, 1.807) is 0 Å². The standard InChI is InChI=1S/C13H16N2O2/c16-13(8-14-10-1-2-10)15-11-3-4-12-9(7-11)5-6-17-12/h3-4,7,10,14H,1-2,5-6,8H2,(H,15,16). The molecule has 1 heterocycles. The Morgan fingerprint density at radius 1 is 1.41 bits per heavy atom. The maximum Gasteiger partial charge on any atom is 0.238 e. The van der Waals surface area contributed by atoms with Gasteiger partial charge in [-0.25, -0.2) is 0 Å². The summed E-state index contributed by atoms with van der Waals surface area (Å²) in [6.45, 7) is 1.15. The summed E-state index contributed by atoms with van der Waals surface area (Å²) in [5.74, 6) is 0.967. The van der Waals surface area contributed by atoms with E-state index in [0.29, 0.717) is 12.6 Å². The van der Waals surface area contributed by atoms with Crippen LogP contribution < -0.4 is 15.4 Å². The average molecular weight is 232 g/mol. The van der Waals surface area contributed by atoms with E-state index in [4.69, 9.17) is 4.74 Å². The van der Waals surface area contributed by atoms with Crippen LogP contribution in [0.5, 0.6) is 5.75 Å². The lowest BCUT2D eigenvalue weighted by Gasteiger charge is -2.07. The Balaban J connectivity index is 1.58. The largest absolute Gasteiger partial charge is 0.493 e. The average Bonchev–Trinajstić information content (AvgIpc) is 3.04. The maximum atomic E-state index is 11.6. The number of fused-ring (bicyclic) bond motifs is 1. The number of benzene rings is 1. The second-order valence-corrected chi connectivity index (χ2v) is 4.62. The van der Waals surface area contributed by atoms with Crippen LogP contribution in [0.3, 0.4) is 0 Å². The topological polar surface area (TPSA) is 50.4 Å². The molecule has 0 aromatic heterocycles. The van der Waals surface area contributed by atoms with Crippen molar-refractivity contribution in [1.82, 2.24) is 5.32 Å². The molecule has 17 heavy (non-hydrogen) atoms. The Kier molecular flexibility index (Phi) is 2.73. The molecule has 1 aliphatic heterocycles. The predicted octanol–water partition coefficient (Wildman–Crippen LogP) is 1.31. The van der Waals surface area contributed by atoms with Gasteiger partial charge in [-0.15, -0.1) is 0 Å². The molecule has 0 atom stereocenters.